The molecule has 0 bridgehead atoms. The van der Waals surface area contributed by atoms with Crippen molar-refractivity contribution >= 4 is 34.7 Å². The maximum Gasteiger partial charge on any atom is 0.107 e. The summed E-state index contributed by atoms with van der Waals surface area (Å²) in [6.45, 7) is 6.85. The lowest BCUT2D eigenvalue weighted by atomic mass is 9.80. The number of rotatable bonds is 5. The second kappa shape index (κ2) is 7.50. The van der Waals surface area contributed by atoms with Crippen LogP contribution in [0.15, 0.2) is 23.1 Å². The third-order valence-electron chi connectivity index (χ3n) is 4.34. The summed E-state index contributed by atoms with van der Waals surface area (Å²) in [5.74, 6) is 2.56. The van der Waals surface area contributed by atoms with Crippen molar-refractivity contribution in [2.24, 2.45) is 17.6 Å². The number of nitrogens with two attached hydrogens (primary N) is 1. The molecule has 1 saturated carbocycles. The van der Waals surface area contributed by atoms with E-state index in [1.807, 2.05) is 0 Å². The van der Waals surface area contributed by atoms with Gasteiger partial charge in [-0.05, 0) is 49.0 Å². The molecular weight excluding hydrogens is 296 g/mol. The summed E-state index contributed by atoms with van der Waals surface area (Å²) < 4.78 is 0. The van der Waals surface area contributed by atoms with E-state index in [0.29, 0.717) is 16.9 Å². The maximum absolute atomic E-state index is 5.99. The van der Waals surface area contributed by atoms with Gasteiger partial charge in [0.2, 0.25) is 0 Å². The normalized spacial score (nSPS) is 25.6. The summed E-state index contributed by atoms with van der Waals surface area (Å²) in [6, 6.07) is 6.84. The first-order valence-electron chi connectivity index (χ1n) is 7.85. The van der Waals surface area contributed by atoms with Gasteiger partial charge in [0.25, 0.3) is 0 Å². The molecule has 2 nitrogen and oxygen atoms in total. The van der Waals surface area contributed by atoms with Crippen LogP contribution in [-0.4, -0.2) is 16.8 Å². The monoisotopic (exact) mass is 322 g/mol. The van der Waals surface area contributed by atoms with Crippen LogP contribution in [0.3, 0.4) is 0 Å². The van der Waals surface area contributed by atoms with E-state index in [1.165, 1.54) is 24.2 Å². The van der Waals surface area contributed by atoms with Crippen LogP contribution in [0.25, 0.3) is 0 Å². The lowest BCUT2D eigenvalue weighted by Gasteiger charge is -2.34. The Kier molecular flexibility index (Phi) is 5.94. The lowest BCUT2D eigenvalue weighted by molar-refractivity contribution is 0.276. The molecule has 0 saturated heterocycles. The zero-order chi connectivity index (χ0) is 15.4. The fraction of sp³-hybridized carbons (Fsp3) is 0.588. The summed E-state index contributed by atoms with van der Waals surface area (Å²) >= 11 is 7.09. The van der Waals surface area contributed by atoms with Crippen LogP contribution in [-0.2, 0) is 0 Å². The second-order valence-corrected chi connectivity index (χ2v) is 7.87. The molecule has 3 unspecified atom stereocenters. The van der Waals surface area contributed by atoms with Gasteiger partial charge < -0.3 is 11.1 Å². The van der Waals surface area contributed by atoms with Gasteiger partial charge in [-0.1, -0.05) is 39.1 Å². The smallest absolute Gasteiger partial charge is 0.107 e. The van der Waals surface area contributed by atoms with Crippen LogP contribution in [0.5, 0.6) is 0 Å². The minimum absolute atomic E-state index is 0.492. The number of anilines is 1. The van der Waals surface area contributed by atoms with Crippen molar-refractivity contribution in [3.8, 4) is 0 Å². The number of hydrogen-bond acceptors (Lipinski definition) is 3. The van der Waals surface area contributed by atoms with Crippen molar-refractivity contribution in [2.45, 2.75) is 51.0 Å². The minimum Gasteiger partial charge on any atom is -0.389 e. The van der Waals surface area contributed by atoms with Gasteiger partial charge in [0, 0.05) is 22.2 Å². The zero-order valence-electron chi connectivity index (χ0n) is 13.2. The van der Waals surface area contributed by atoms with E-state index in [9.17, 15) is 0 Å². The van der Waals surface area contributed by atoms with Gasteiger partial charge in [-0.3, -0.25) is 0 Å². The van der Waals surface area contributed by atoms with E-state index in [2.05, 4.69) is 44.3 Å². The Labute approximate surface area is 138 Å². The fourth-order valence-electron chi connectivity index (χ4n) is 3.26. The number of benzene rings is 1. The average Bonchev–Trinajstić information content (AvgIpc) is 2.42. The molecule has 2 rings (SSSR count). The molecule has 3 N–H and O–H groups in total. The van der Waals surface area contributed by atoms with E-state index in [-0.39, 0.29) is 0 Å². The van der Waals surface area contributed by atoms with E-state index < -0.39 is 0 Å². The Balaban J connectivity index is 2.23. The van der Waals surface area contributed by atoms with Crippen molar-refractivity contribution in [1.82, 2.24) is 0 Å². The standard InChI is InChI=1S/C17H26N2S2/c1-4-21-15-7-5-6-14(16(15)17(18)20)19-13-9-8-11(2)10-12(13)3/h5-7,11-13,19H,4,8-10H2,1-3H3,(H2,18,20). The topological polar surface area (TPSA) is 38.0 Å². The van der Waals surface area contributed by atoms with Crippen LogP contribution in [0.1, 0.15) is 45.6 Å². The lowest BCUT2D eigenvalue weighted by Crippen LogP contribution is -2.33. The van der Waals surface area contributed by atoms with Crippen LogP contribution < -0.4 is 11.1 Å². The molecule has 0 aliphatic heterocycles. The number of hydrogen-bond donors (Lipinski definition) is 2. The average molecular weight is 323 g/mol. The van der Waals surface area contributed by atoms with Crippen LogP contribution in [0.2, 0.25) is 0 Å². The van der Waals surface area contributed by atoms with E-state index in [4.69, 9.17) is 18.0 Å². The van der Waals surface area contributed by atoms with E-state index >= 15 is 0 Å². The molecule has 116 valence electrons. The summed E-state index contributed by atoms with van der Waals surface area (Å²) in [5, 5.41) is 3.72. The Morgan fingerprint density at radius 1 is 1.38 bits per heavy atom. The molecule has 1 fully saturated rings. The Bertz CT molecular complexity index is 502. The summed E-state index contributed by atoms with van der Waals surface area (Å²) in [4.78, 5) is 1.68. The van der Waals surface area contributed by atoms with Gasteiger partial charge >= 0.3 is 0 Å². The zero-order valence-corrected chi connectivity index (χ0v) is 14.8. The third-order valence-corrected chi connectivity index (χ3v) is 5.49. The van der Waals surface area contributed by atoms with Crippen LogP contribution >= 0.6 is 24.0 Å². The van der Waals surface area contributed by atoms with Gasteiger partial charge in [-0.2, -0.15) is 0 Å². The van der Waals surface area contributed by atoms with Gasteiger partial charge in [0.05, 0.1) is 0 Å². The molecule has 0 aromatic heterocycles. The molecule has 0 spiro atoms. The Morgan fingerprint density at radius 2 is 2.14 bits per heavy atom. The second-order valence-electron chi connectivity index (χ2n) is 6.12. The first-order chi connectivity index (χ1) is 10.0. The first-order valence-corrected chi connectivity index (χ1v) is 9.24. The molecule has 0 radical (unpaired) electrons. The van der Waals surface area contributed by atoms with Crippen LogP contribution in [0.4, 0.5) is 5.69 Å². The van der Waals surface area contributed by atoms with Gasteiger partial charge in [-0.25, -0.2) is 0 Å². The van der Waals surface area contributed by atoms with Gasteiger partial charge in [0.15, 0.2) is 0 Å². The molecular formula is C17H26N2S2. The summed E-state index contributed by atoms with van der Waals surface area (Å²) in [7, 11) is 0. The first kappa shape index (κ1) is 16.6. The molecule has 4 heteroatoms. The highest BCUT2D eigenvalue weighted by atomic mass is 32.2. The molecule has 0 heterocycles. The van der Waals surface area contributed by atoms with Gasteiger partial charge in [-0.15, -0.1) is 11.8 Å². The highest BCUT2D eigenvalue weighted by Crippen LogP contribution is 2.34. The molecule has 1 aliphatic rings. The number of thioether (sulfide) groups is 1. The molecule has 21 heavy (non-hydrogen) atoms. The summed E-state index contributed by atoms with van der Waals surface area (Å²) in [5.41, 5.74) is 8.11. The quantitative estimate of drug-likeness (QED) is 0.610. The minimum atomic E-state index is 0.492. The molecule has 0 amide bonds. The molecule has 3 atom stereocenters. The van der Waals surface area contributed by atoms with Crippen molar-refractivity contribution in [3.63, 3.8) is 0 Å². The van der Waals surface area contributed by atoms with Crippen LogP contribution in [0, 0.1) is 11.8 Å². The van der Waals surface area contributed by atoms with E-state index in [0.717, 1.165) is 22.9 Å². The Morgan fingerprint density at radius 3 is 2.76 bits per heavy atom. The summed E-state index contributed by atoms with van der Waals surface area (Å²) in [6.07, 6.45) is 3.82. The van der Waals surface area contributed by atoms with Crippen molar-refractivity contribution in [2.75, 3.05) is 11.1 Å². The fourth-order valence-corrected chi connectivity index (χ4v) is 4.40. The van der Waals surface area contributed by atoms with Gasteiger partial charge in [0.1, 0.15) is 4.99 Å². The Hall–Kier alpha value is -0.740. The molecule has 1 aliphatic carbocycles. The predicted octanol–water partition coefficient (Wildman–Crippen LogP) is 4.67. The largest absolute Gasteiger partial charge is 0.389 e. The number of thiocarbonyl (C=S) groups is 1. The highest BCUT2D eigenvalue weighted by molar-refractivity contribution is 7.99. The molecule has 1 aromatic rings. The van der Waals surface area contributed by atoms with Crippen molar-refractivity contribution in [1.29, 1.82) is 0 Å². The maximum atomic E-state index is 5.99. The number of nitrogens with one attached hydrogen (secondary N) is 1. The molecule has 1 aromatic carbocycles. The SMILES string of the molecule is CCSc1cccc(NC2CCC(C)CC2C)c1C(N)=S. The van der Waals surface area contributed by atoms with Crippen molar-refractivity contribution in [3.05, 3.63) is 23.8 Å². The predicted molar refractivity (Wildman–Crippen MR) is 98.3 cm³/mol. The highest BCUT2D eigenvalue weighted by Gasteiger charge is 2.26. The third kappa shape index (κ3) is 4.13. The van der Waals surface area contributed by atoms with E-state index in [1.54, 1.807) is 11.8 Å². The van der Waals surface area contributed by atoms with Crippen molar-refractivity contribution < 1.29 is 0 Å².